The van der Waals surface area contributed by atoms with Crippen molar-refractivity contribution in [1.29, 1.82) is 0 Å². The molecule has 0 fully saturated rings. The predicted molar refractivity (Wildman–Crippen MR) is 71.9 cm³/mol. The molecular weight excluding hydrogens is 210 g/mol. The van der Waals surface area contributed by atoms with Crippen molar-refractivity contribution in [1.82, 2.24) is 9.24 Å². The first kappa shape index (κ1) is 11.8. The Morgan fingerprint density at radius 3 is 2.06 bits per heavy atom. The van der Waals surface area contributed by atoms with E-state index in [9.17, 15) is 0 Å². The highest BCUT2D eigenvalue weighted by Gasteiger charge is 2.06. The van der Waals surface area contributed by atoms with Crippen molar-refractivity contribution in [3.63, 3.8) is 0 Å². The zero-order chi connectivity index (χ0) is 12.6. The molecule has 1 N–H and O–H groups in total. The van der Waals surface area contributed by atoms with Crippen molar-refractivity contribution in [2.45, 2.75) is 34.2 Å². The van der Waals surface area contributed by atoms with Crippen LogP contribution in [0.15, 0.2) is 18.2 Å². The van der Waals surface area contributed by atoms with Crippen LogP contribution in [0, 0.1) is 27.7 Å². The molecule has 0 spiro atoms. The molecule has 0 saturated carbocycles. The van der Waals surface area contributed by atoms with Gasteiger partial charge in [-0.3, -0.25) is 4.68 Å². The molecule has 0 unspecified atom stereocenters. The van der Waals surface area contributed by atoms with E-state index in [-0.39, 0.29) is 0 Å². The minimum absolute atomic E-state index is 0.865. The van der Waals surface area contributed by atoms with E-state index in [0.717, 1.165) is 6.54 Å². The summed E-state index contributed by atoms with van der Waals surface area (Å²) in [5.41, 5.74) is 9.94. The van der Waals surface area contributed by atoms with Gasteiger partial charge in [0.15, 0.2) is 0 Å². The van der Waals surface area contributed by atoms with Crippen LogP contribution in [0.2, 0.25) is 0 Å². The number of aromatic nitrogens is 2. The van der Waals surface area contributed by atoms with Gasteiger partial charge in [-0.1, -0.05) is 0 Å². The lowest BCUT2D eigenvalue weighted by atomic mass is 10.2. The van der Waals surface area contributed by atoms with Crippen LogP contribution in [-0.2, 0) is 13.6 Å². The maximum absolute atomic E-state index is 3.46. The van der Waals surface area contributed by atoms with Crippen LogP contribution in [0.25, 0.3) is 0 Å². The van der Waals surface area contributed by atoms with Gasteiger partial charge in [-0.15, -0.1) is 0 Å². The molecule has 2 heterocycles. The van der Waals surface area contributed by atoms with E-state index in [0.29, 0.717) is 0 Å². The largest absolute Gasteiger partial charge is 0.352 e. The summed E-state index contributed by atoms with van der Waals surface area (Å²) in [6, 6.07) is 6.51. The van der Waals surface area contributed by atoms with Gasteiger partial charge in [0.2, 0.25) is 0 Å². The van der Waals surface area contributed by atoms with E-state index in [1.807, 2.05) is 0 Å². The van der Waals surface area contributed by atoms with Crippen molar-refractivity contribution in [2.75, 3.05) is 5.43 Å². The quantitative estimate of drug-likeness (QED) is 0.862. The zero-order valence-corrected chi connectivity index (χ0v) is 11.3. The van der Waals surface area contributed by atoms with Gasteiger partial charge in [0, 0.05) is 29.8 Å². The lowest BCUT2D eigenvalue weighted by Gasteiger charge is -2.12. The molecule has 0 atom stereocenters. The van der Waals surface area contributed by atoms with E-state index in [1.165, 1.54) is 28.3 Å². The Morgan fingerprint density at radius 2 is 1.59 bits per heavy atom. The molecule has 92 valence electrons. The van der Waals surface area contributed by atoms with E-state index < -0.39 is 0 Å². The van der Waals surface area contributed by atoms with Gasteiger partial charge >= 0.3 is 0 Å². The lowest BCUT2D eigenvalue weighted by Crippen LogP contribution is -2.17. The summed E-state index contributed by atoms with van der Waals surface area (Å²) < 4.78 is 4.37. The molecule has 0 aromatic carbocycles. The molecule has 0 radical (unpaired) electrons. The Bertz CT molecular complexity index is 512. The van der Waals surface area contributed by atoms with Gasteiger partial charge in [-0.25, -0.2) is 0 Å². The Labute approximate surface area is 103 Å². The molecule has 0 aliphatic rings. The predicted octanol–water partition coefficient (Wildman–Crippen LogP) is 2.80. The van der Waals surface area contributed by atoms with Crippen LogP contribution >= 0.6 is 0 Å². The van der Waals surface area contributed by atoms with Crippen LogP contribution in [0.3, 0.4) is 0 Å². The molecule has 0 bridgehead atoms. The minimum atomic E-state index is 0.865. The summed E-state index contributed by atoms with van der Waals surface area (Å²) in [5, 5.41) is 0. The van der Waals surface area contributed by atoms with Gasteiger partial charge in [-0.05, 0) is 51.5 Å². The first-order valence-corrected chi connectivity index (χ1v) is 6.01. The van der Waals surface area contributed by atoms with Gasteiger partial charge in [0.05, 0.1) is 6.54 Å². The number of hydrogen-bond acceptors (Lipinski definition) is 1. The second-order valence-electron chi connectivity index (χ2n) is 4.74. The average molecular weight is 231 g/mol. The fourth-order valence-electron chi connectivity index (χ4n) is 2.19. The molecular formula is C14H21N3. The van der Waals surface area contributed by atoms with Crippen molar-refractivity contribution in [3.8, 4) is 0 Å². The number of hydrogen-bond donors (Lipinski definition) is 1. The summed E-state index contributed by atoms with van der Waals surface area (Å²) in [7, 11) is 2.11. The van der Waals surface area contributed by atoms with Crippen molar-refractivity contribution < 1.29 is 0 Å². The molecule has 2 rings (SSSR count). The molecule has 0 aliphatic heterocycles. The van der Waals surface area contributed by atoms with Gasteiger partial charge < -0.3 is 9.99 Å². The molecule has 3 heteroatoms. The molecule has 0 aliphatic carbocycles. The smallest absolute Gasteiger partial charge is 0.0582 e. The van der Waals surface area contributed by atoms with Crippen molar-refractivity contribution in [3.05, 3.63) is 46.5 Å². The second-order valence-corrected chi connectivity index (χ2v) is 4.74. The minimum Gasteiger partial charge on any atom is -0.352 e. The summed E-state index contributed by atoms with van der Waals surface area (Å²) >= 11 is 0. The third-order valence-corrected chi connectivity index (χ3v) is 3.58. The van der Waals surface area contributed by atoms with Crippen LogP contribution in [-0.4, -0.2) is 9.24 Å². The number of aryl methyl sites for hydroxylation is 3. The second kappa shape index (κ2) is 4.32. The molecule has 0 amide bonds. The maximum atomic E-state index is 3.46. The van der Waals surface area contributed by atoms with Gasteiger partial charge in [-0.2, -0.15) is 0 Å². The monoisotopic (exact) mass is 231 g/mol. The fraction of sp³-hybridized carbons (Fsp3) is 0.429. The highest BCUT2D eigenvalue weighted by Crippen LogP contribution is 2.14. The Kier molecular flexibility index (Phi) is 3.01. The lowest BCUT2D eigenvalue weighted by molar-refractivity contribution is 0.781. The van der Waals surface area contributed by atoms with Crippen LogP contribution in [0.4, 0.5) is 0 Å². The van der Waals surface area contributed by atoms with E-state index >= 15 is 0 Å². The normalized spacial score (nSPS) is 10.9. The standard InChI is InChI=1S/C14H21N3/c1-10-6-7-11(2)17(10)15-9-14-8-12(3)16(5)13(14)4/h6-8,15H,9H2,1-5H3. The van der Waals surface area contributed by atoms with E-state index in [4.69, 9.17) is 0 Å². The Hall–Kier alpha value is -1.64. The highest BCUT2D eigenvalue weighted by atomic mass is 15.4. The van der Waals surface area contributed by atoms with Gasteiger partial charge in [0.25, 0.3) is 0 Å². The first-order valence-electron chi connectivity index (χ1n) is 6.01. The van der Waals surface area contributed by atoms with Crippen LogP contribution in [0.1, 0.15) is 28.3 Å². The van der Waals surface area contributed by atoms with E-state index in [1.54, 1.807) is 0 Å². The van der Waals surface area contributed by atoms with Crippen molar-refractivity contribution in [2.24, 2.45) is 7.05 Å². The number of rotatable bonds is 3. The summed E-state index contributed by atoms with van der Waals surface area (Å²) in [4.78, 5) is 0. The van der Waals surface area contributed by atoms with Crippen LogP contribution in [0.5, 0.6) is 0 Å². The van der Waals surface area contributed by atoms with Gasteiger partial charge in [0.1, 0.15) is 0 Å². The molecule has 3 nitrogen and oxygen atoms in total. The first-order chi connectivity index (χ1) is 8.00. The molecule has 0 saturated heterocycles. The van der Waals surface area contributed by atoms with Crippen molar-refractivity contribution >= 4 is 0 Å². The average Bonchev–Trinajstić information content (AvgIpc) is 2.73. The zero-order valence-electron chi connectivity index (χ0n) is 11.3. The fourth-order valence-corrected chi connectivity index (χ4v) is 2.19. The Balaban J connectivity index is 2.15. The maximum Gasteiger partial charge on any atom is 0.0582 e. The molecule has 2 aromatic rings. The third-order valence-electron chi connectivity index (χ3n) is 3.58. The third kappa shape index (κ3) is 2.09. The van der Waals surface area contributed by atoms with Crippen LogP contribution < -0.4 is 5.43 Å². The molecule has 2 aromatic heterocycles. The number of nitrogens with one attached hydrogen (secondary N) is 1. The summed E-state index contributed by atoms with van der Waals surface area (Å²) in [5.74, 6) is 0. The summed E-state index contributed by atoms with van der Waals surface area (Å²) in [6.45, 7) is 9.40. The summed E-state index contributed by atoms with van der Waals surface area (Å²) in [6.07, 6.45) is 0. The van der Waals surface area contributed by atoms with E-state index in [2.05, 4.69) is 67.6 Å². The SMILES string of the molecule is Cc1cc(CNn2c(C)ccc2C)c(C)n1C. The Morgan fingerprint density at radius 1 is 1.00 bits per heavy atom. The highest BCUT2D eigenvalue weighted by molar-refractivity contribution is 5.27. The topological polar surface area (TPSA) is 21.9 Å². The number of nitrogens with zero attached hydrogens (tertiary/aromatic N) is 2. The molecule has 17 heavy (non-hydrogen) atoms.